The Hall–Kier alpha value is -0.650. The Morgan fingerprint density at radius 1 is 1.13 bits per heavy atom. The number of likely N-dealkylation sites (tertiary alicyclic amines) is 1. The summed E-state index contributed by atoms with van der Waals surface area (Å²) in [5.74, 6) is 0. The first-order chi connectivity index (χ1) is 11.1. The van der Waals surface area contributed by atoms with Crippen LogP contribution in [0.3, 0.4) is 0 Å². The fourth-order valence-electron chi connectivity index (χ4n) is 3.78. The van der Waals surface area contributed by atoms with Crippen LogP contribution in [0.5, 0.6) is 0 Å². The minimum atomic E-state index is -0.431. The lowest BCUT2D eigenvalue weighted by Gasteiger charge is -2.43. The van der Waals surface area contributed by atoms with Crippen molar-refractivity contribution in [2.24, 2.45) is 0 Å². The molecule has 0 bridgehead atoms. The molecule has 0 saturated carbocycles. The molecular formula is C18H28ClN3O. The van der Waals surface area contributed by atoms with Crippen molar-refractivity contribution < 1.29 is 5.11 Å². The van der Waals surface area contributed by atoms with Gasteiger partial charge in [0.05, 0.1) is 6.10 Å². The number of piperazine rings is 1. The Labute approximate surface area is 144 Å². The number of β-amino-alcohol motifs (C(OH)–C–C–N with tert-alkyl or cyclic N) is 1. The van der Waals surface area contributed by atoms with Crippen molar-refractivity contribution in [3.05, 3.63) is 34.9 Å². The predicted molar refractivity (Wildman–Crippen MR) is 94.9 cm³/mol. The van der Waals surface area contributed by atoms with E-state index in [1.807, 2.05) is 24.3 Å². The minimum Gasteiger partial charge on any atom is -0.387 e. The molecule has 1 N–H and O–H groups in total. The first-order valence-corrected chi connectivity index (χ1v) is 9.08. The van der Waals surface area contributed by atoms with Crippen LogP contribution in [0.15, 0.2) is 24.3 Å². The van der Waals surface area contributed by atoms with Crippen LogP contribution in [-0.2, 0) is 0 Å². The molecule has 2 heterocycles. The Kier molecular flexibility index (Phi) is 5.94. The van der Waals surface area contributed by atoms with Gasteiger partial charge in [-0.1, -0.05) is 23.7 Å². The molecule has 2 aliphatic heterocycles. The molecule has 2 atom stereocenters. The van der Waals surface area contributed by atoms with Gasteiger partial charge in [-0.15, -0.1) is 0 Å². The van der Waals surface area contributed by atoms with Gasteiger partial charge in [0.1, 0.15) is 0 Å². The maximum Gasteiger partial charge on any atom is 0.0916 e. The molecule has 2 saturated heterocycles. The molecule has 0 aromatic heterocycles. The highest BCUT2D eigenvalue weighted by atomic mass is 35.5. The van der Waals surface area contributed by atoms with Crippen molar-refractivity contribution in [2.75, 3.05) is 52.9 Å². The predicted octanol–water partition coefficient (Wildman–Crippen LogP) is 2.09. The van der Waals surface area contributed by atoms with E-state index in [0.717, 1.165) is 37.8 Å². The van der Waals surface area contributed by atoms with Gasteiger partial charge in [0.2, 0.25) is 0 Å². The van der Waals surface area contributed by atoms with Crippen LogP contribution < -0.4 is 0 Å². The number of hydrogen-bond donors (Lipinski definition) is 1. The molecule has 0 aliphatic carbocycles. The summed E-state index contributed by atoms with van der Waals surface area (Å²) in [6, 6.07) is 8.24. The van der Waals surface area contributed by atoms with E-state index in [1.54, 1.807) is 0 Å². The van der Waals surface area contributed by atoms with E-state index in [0.29, 0.717) is 11.6 Å². The van der Waals surface area contributed by atoms with Gasteiger partial charge >= 0.3 is 0 Å². The van der Waals surface area contributed by atoms with Crippen LogP contribution in [0.1, 0.15) is 24.5 Å². The second-order valence-electron chi connectivity index (χ2n) is 6.96. The lowest BCUT2D eigenvalue weighted by molar-refractivity contribution is 0.0371. The molecule has 2 unspecified atom stereocenters. The largest absolute Gasteiger partial charge is 0.387 e. The third-order valence-corrected chi connectivity index (χ3v) is 5.46. The molecule has 0 radical (unpaired) electrons. The Bertz CT molecular complexity index is 488. The molecule has 23 heavy (non-hydrogen) atoms. The van der Waals surface area contributed by atoms with E-state index < -0.39 is 6.10 Å². The van der Waals surface area contributed by atoms with Crippen LogP contribution in [0.4, 0.5) is 0 Å². The normalized spacial score (nSPS) is 26.3. The van der Waals surface area contributed by atoms with Crippen LogP contribution in [0, 0.1) is 0 Å². The maximum absolute atomic E-state index is 10.4. The molecule has 2 aliphatic rings. The summed E-state index contributed by atoms with van der Waals surface area (Å²) >= 11 is 5.91. The van der Waals surface area contributed by atoms with Crippen molar-refractivity contribution in [3.63, 3.8) is 0 Å². The van der Waals surface area contributed by atoms with Crippen LogP contribution in [0.2, 0.25) is 5.02 Å². The van der Waals surface area contributed by atoms with E-state index in [-0.39, 0.29) is 0 Å². The fourth-order valence-corrected chi connectivity index (χ4v) is 3.91. The lowest BCUT2D eigenvalue weighted by Crippen LogP contribution is -2.54. The molecule has 1 aromatic carbocycles. The van der Waals surface area contributed by atoms with Crippen molar-refractivity contribution >= 4 is 11.6 Å². The van der Waals surface area contributed by atoms with Gasteiger partial charge in [0, 0.05) is 50.3 Å². The quantitative estimate of drug-likeness (QED) is 0.911. The third-order valence-electron chi connectivity index (χ3n) is 5.21. The van der Waals surface area contributed by atoms with E-state index in [2.05, 4.69) is 21.7 Å². The number of piperidine rings is 1. The molecule has 4 nitrogen and oxygen atoms in total. The number of aliphatic hydroxyl groups excluding tert-OH is 1. The topological polar surface area (TPSA) is 30.0 Å². The van der Waals surface area contributed by atoms with Gasteiger partial charge in [-0.05, 0) is 44.1 Å². The average molecular weight is 338 g/mol. The summed E-state index contributed by atoms with van der Waals surface area (Å²) < 4.78 is 0. The molecule has 0 amide bonds. The maximum atomic E-state index is 10.4. The summed E-state index contributed by atoms with van der Waals surface area (Å²) in [5.41, 5.74) is 0.950. The molecule has 1 aromatic rings. The number of benzene rings is 1. The van der Waals surface area contributed by atoms with Crippen molar-refractivity contribution in [2.45, 2.75) is 25.0 Å². The molecular weight excluding hydrogens is 310 g/mol. The van der Waals surface area contributed by atoms with E-state index in [4.69, 9.17) is 11.6 Å². The van der Waals surface area contributed by atoms with Crippen molar-refractivity contribution in [3.8, 4) is 0 Å². The molecule has 128 valence electrons. The Balaban J connectivity index is 1.46. The van der Waals surface area contributed by atoms with Crippen LogP contribution >= 0.6 is 11.6 Å². The van der Waals surface area contributed by atoms with Gasteiger partial charge in [-0.3, -0.25) is 9.80 Å². The summed E-state index contributed by atoms with van der Waals surface area (Å²) in [6.07, 6.45) is 2.22. The number of hydrogen-bond acceptors (Lipinski definition) is 4. The number of aliphatic hydroxyl groups is 1. The van der Waals surface area contributed by atoms with Crippen LogP contribution in [-0.4, -0.2) is 78.7 Å². The van der Waals surface area contributed by atoms with E-state index in [9.17, 15) is 5.11 Å². The third kappa shape index (κ3) is 4.68. The number of halogens is 1. The van der Waals surface area contributed by atoms with Gasteiger partial charge in [0.15, 0.2) is 0 Å². The zero-order chi connectivity index (χ0) is 16.2. The summed E-state index contributed by atoms with van der Waals surface area (Å²) in [6.45, 7) is 7.48. The summed E-state index contributed by atoms with van der Waals surface area (Å²) in [7, 11) is 2.23. The second-order valence-corrected chi connectivity index (χ2v) is 7.40. The Morgan fingerprint density at radius 3 is 2.48 bits per heavy atom. The highest BCUT2D eigenvalue weighted by Gasteiger charge is 2.27. The van der Waals surface area contributed by atoms with Crippen molar-refractivity contribution in [1.29, 1.82) is 0 Å². The van der Waals surface area contributed by atoms with Crippen molar-refractivity contribution in [1.82, 2.24) is 14.7 Å². The van der Waals surface area contributed by atoms with Crippen LogP contribution in [0.25, 0.3) is 0 Å². The standard InChI is InChI=1S/C18H28ClN3O/c1-20-8-2-3-17(13-20)22-11-9-21(10-12-22)14-18(23)15-4-6-16(19)7-5-15/h4-7,17-18,23H,2-3,8-14H2,1H3. The molecule has 2 fully saturated rings. The zero-order valence-corrected chi connectivity index (χ0v) is 14.8. The minimum absolute atomic E-state index is 0.431. The van der Waals surface area contributed by atoms with Gasteiger partial charge in [-0.2, -0.15) is 0 Å². The lowest BCUT2D eigenvalue weighted by atomic mass is 10.0. The molecule has 0 spiro atoms. The van der Waals surface area contributed by atoms with E-state index in [1.165, 1.54) is 25.9 Å². The summed E-state index contributed by atoms with van der Waals surface area (Å²) in [4.78, 5) is 7.47. The summed E-state index contributed by atoms with van der Waals surface area (Å²) in [5, 5.41) is 11.1. The van der Waals surface area contributed by atoms with Gasteiger partial charge < -0.3 is 10.0 Å². The smallest absolute Gasteiger partial charge is 0.0916 e. The number of likely N-dealkylation sites (N-methyl/N-ethyl adjacent to an activating group) is 1. The van der Waals surface area contributed by atoms with Gasteiger partial charge in [-0.25, -0.2) is 0 Å². The highest BCUT2D eigenvalue weighted by Crippen LogP contribution is 2.20. The number of nitrogens with zero attached hydrogens (tertiary/aromatic N) is 3. The fraction of sp³-hybridized carbons (Fsp3) is 0.667. The van der Waals surface area contributed by atoms with E-state index >= 15 is 0 Å². The van der Waals surface area contributed by atoms with Gasteiger partial charge in [0.25, 0.3) is 0 Å². The average Bonchev–Trinajstić information content (AvgIpc) is 2.56. The zero-order valence-electron chi connectivity index (χ0n) is 14.0. The first kappa shape index (κ1) is 17.2. The molecule has 3 rings (SSSR count). The monoisotopic (exact) mass is 337 g/mol. The highest BCUT2D eigenvalue weighted by molar-refractivity contribution is 6.30. The Morgan fingerprint density at radius 2 is 1.83 bits per heavy atom. The number of rotatable bonds is 4. The second kappa shape index (κ2) is 7.95. The SMILES string of the molecule is CN1CCCC(N2CCN(CC(O)c3ccc(Cl)cc3)CC2)C1. The molecule has 5 heteroatoms. The first-order valence-electron chi connectivity index (χ1n) is 8.70.